The number of carbonyl (C=O) groups excluding carboxylic acids is 2. The van der Waals surface area contributed by atoms with Crippen LogP contribution in [0.2, 0.25) is 0 Å². The molecule has 8 heteroatoms. The number of carbonyl (C=O) groups is 2. The molecule has 0 unspecified atom stereocenters. The number of rotatable bonds is 4. The maximum Gasteiger partial charge on any atom is 0.357 e. The van der Waals surface area contributed by atoms with E-state index in [0.717, 1.165) is 11.3 Å². The summed E-state index contributed by atoms with van der Waals surface area (Å²) in [5.74, 6) is -1.15. The van der Waals surface area contributed by atoms with Gasteiger partial charge in [-0.25, -0.2) is 9.78 Å². The Balaban J connectivity index is 1.84. The lowest BCUT2D eigenvalue weighted by molar-refractivity contribution is 0.0520. The van der Waals surface area contributed by atoms with Crippen LogP contribution in [0.25, 0.3) is 10.9 Å². The Morgan fingerprint density at radius 2 is 2.12 bits per heavy atom. The van der Waals surface area contributed by atoms with Crippen molar-refractivity contribution in [1.82, 2.24) is 9.97 Å². The summed E-state index contributed by atoms with van der Waals surface area (Å²) in [5.41, 5.74) is 0.369. The number of hydrogen-bond acceptors (Lipinski definition) is 6. The topological polar surface area (TPSA) is 101 Å². The predicted molar refractivity (Wildman–Crippen MR) is 90.6 cm³/mol. The molecule has 0 saturated heterocycles. The molecule has 24 heavy (non-hydrogen) atoms. The Kier molecular flexibility index (Phi) is 4.39. The van der Waals surface area contributed by atoms with Gasteiger partial charge in [-0.2, -0.15) is 0 Å². The number of H-pyrrole nitrogens is 1. The molecule has 3 rings (SSSR count). The van der Waals surface area contributed by atoms with Crippen molar-refractivity contribution in [3.05, 3.63) is 57.3 Å². The first-order valence-electron chi connectivity index (χ1n) is 7.14. The van der Waals surface area contributed by atoms with Crippen molar-refractivity contribution < 1.29 is 14.3 Å². The van der Waals surface area contributed by atoms with Crippen LogP contribution in [-0.4, -0.2) is 28.5 Å². The van der Waals surface area contributed by atoms with Crippen molar-refractivity contribution in [3.63, 3.8) is 0 Å². The van der Waals surface area contributed by atoms with Crippen molar-refractivity contribution in [1.29, 1.82) is 0 Å². The van der Waals surface area contributed by atoms with E-state index in [9.17, 15) is 14.4 Å². The number of anilines is 1. The van der Waals surface area contributed by atoms with Gasteiger partial charge >= 0.3 is 5.97 Å². The van der Waals surface area contributed by atoms with Crippen LogP contribution in [0.1, 0.15) is 27.8 Å². The maximum atomic E-state index is 12.4. The van der Waals surface area contributed by atoms with Gasteiger partial charge in [-0.15, -0.1) is 11.3 Å². The van der Waals surface area contributed by atoms with Crippen molar-refractivity contribution in [2.24, 2.45) is 0 Å². The van der Waals surface area contributed by atoms with Gasteiger partial charge in [0.15, 0.2) is 10.8 Å². The molecule has 3 aromatic rings. The molecule has 0 aliphatic rings. The Labute approximate surface area is 140 Å². The van der Waals surface area contributed by atoms with Crippen LogP contribution in [0.3, 0.4) is 0 Å². The number of amides is 1. The summed E-state index contributed by atoms with van der Waals surface area (Å²) in [4.78, 5) is 43.2. The number of fused-ring (bicyclic) bond motifs is 1. The van der Waals surface area contributed by atoms with Crippen LogP contribution >= 0.6 is 11.3 Å². The first kappa shape index (κ1) is 15.9. The van der Waals surface area contributed by atoms with Crippen LogP contribution in [0.15, 0.2) is 40.6 Å². The number of ether oxygens (including phenoxy) is 1. The highest BCUT2D eigenvalue weighted by Gasteiger charge is 2.16. The van der Waals surface area contributed by atoms with E-state index in [1.54, 1.807) is 31.2 Å². The zero-order valence-electron chi connectivity index (χ0n) is 12.7. The van der Waals surface area contributed by atoms with Crippen molar-refractivity contribution >= 4 is 39.2 Å². The predicted octanol–water partition coefficient (Wildman–Crippen LogP) is 2.41. The minimum absolute atomic E-state index is 0.0263. The summed E-state index contributed by atoms with van der Waals surface area (Å²) in [7, 11) is 0. The van der Waals surface area contributed by atoms with Crippen LogP contribution in [-0.2, 0) is 4.74 Å². The number of aromatic amines is 1. The van der Waals surface area contributed by atoms with Gasteiger partial charge in [0.1, 0.15) is 5.56 Å². The van der Waals surface area contributed by atoms with Gasteiger partial charge in [0, 0.05) is 22.5 Å². The third-order valence-corrected chi connectivity index (χ3v) is 4.00. The van der Waals surface area contributed by atoms with Gasteiger partial charge < -0.3 is 9.72 Å². The third-order valence-electron chi connectivity index (χ3n) is 3.24. The molecule has 2 heterocycles. The van der Waals surface area contributed by atoms with Gasteiger partial charge in [-0.3, -0.25) is 14.9 Å². The third kappa shape index (κ3) is 3.04. The highest BCUT2D eigenvalue weighted by Crippen LogP contribution is 2.17. The minimum Gasteiger partial charge on any atom is -0.461 e. The van der Waals surface area contributed by atoms with E-state index >= 15 is 0 Å². The molecule has 0 aliphatic heterocycles. The number of nitrogens with zero attached hydrogens (tertiary/aromatic N) is 1. The summed E-state index contributed by atoms with van der Waals surface area (Å²) in [6.07, 6.45) is 1.36. The molecule has 0 aliphatic carbocycles. The van der Waals surface area contributed by atoms with Crippen molar-refractivity contribution in [2.75, 3.05) is 11.9 Å². The molecule has 2 N–H and O–H groups in total. The molecule has 2 aromatic heterocycles. The van der Waals surface area contributed by atoms with Crippen LogP contribution in [0, 0.1) is 0 Å². The fourth-order valence-corrected chi connectivity index (χ4v) is 2.81. The molecule has 0 spiro atoms. The van der Waals surface area contributed by atoms with Crippen molar-refractivity contribution in [3.8, 4) is 0 Å². The minimum atomic E-state index is -0.591. The summed E-state index contributed by atoms with van der Waals surface area (Å²) in [6.45, 7) is 1.93. The fourth-order valence-electron chi connectivity index (χ4n) is 2.13. The second-order valence-electron chi connectivity index (χ2n) is 4.79. The standard InChI is InChI=1S/C16H13N3O4S/c1-2-23-15(22)12-8-24-16(18-12)19-14(21)10-7-17-11-6-4-3-5-9(11)13(10)20/h3-8H,2H2,1H3,(H,17,20)(H,18,19,21). The molecule has 1 aromatic carbocycles. The SMILES string of the molecule is CCOC(=O)c1csc(NC(=O)c2c[nH]c3ccccc3c2=O)n1. The molecule has 1 amide bonds. The molecule has 0 fully saturated rings. The Hall–Kier alpha value is -3.00. The lowest BCUT2D eigenvalue weighted by Gasteiger charge is -2.03. The molecule has 0 bridgehead atoms. The molecule has 0 saturated carbocycles. The average Bonchev–Trinajstić information content (AvgIpc) is 3.04. The zero-order chi connectivity index (χ0) is 17.1. The molecular formula is C16H13N3O4S. The van der Waals surface area contributed by atoms with E-state index in [0.29, 0.717) is 10.9 Å². The molecule has 7 nitrogen and oxygen atoms in total. The molecule has 0 atom stereocenters. The van der Waals surface area contributed by atoms with Gasteiger partial charge in [-0.1, -0.05) is 12.1 Å². The number of hydrogen-bond donors (Lipinski definition) is 2. The maximum absolute atomic E-state index is 12.4. The Bertz CT molecular complexity index is 977. The van der Waals surface area contributed by atoms with E-state index in [-0.39, 0.29) is 28.4 Å². The number of esters is 1. The van der Waals surface area contributed by atoms with E-state index < -0.39 is 11.9 Å². The van der Waals surface area contributed by atoms with E-state index in [4.69, 9.17) is 4.74 Å². The number of benzene rings is 1. The van der Waals surface area contributed by atoms with Crippen LogP contribution in [0.4, 0.5) is 5.13 Å². The molecule has 0 radical (unpaired) electrons. The number of thiazole rings is 1. The van der Waals surface area contributed by atoms with Gasteiger partial charge in [-0.05, 0) is 19.1 Å². The summed E-state index contributed by atoms with van der Waals surface area (Å²) >= 11 is 1.08. The largest absolute Gasteiger partial charge is 0.461 e. The smallest absolute Gasteiger partial charge is 0.357 e. The first-order chi connectivity index (χ1) is 11.6. The number of para-hydroxylation sites is 1. The molecule has 122 valence electrons. The van der Waals surface area contributed by atoms with E-state index in [1.807, 2.05) is 0 Å². The monoisotopic (exact) mass is 343 g/mol. The van der Waals surface area contributed by atoms with Gasteiger partial charge in [0.05, 0.1) is 6.61 Å². The summed E-state index contributed by atoms with van der Waals surface area (Å²) in [6, 6.07) is 6.92. The normalized spacial score (nSPS) is 10.5. The number of nitrogens with one attached hydrogen (secondary N) is 2. The summed E-state index contributed by atoms with van der Waals surface area (Å²) in [5, 5.41) is 4.65. The second-order valence-corrected chi connectivity index (χ2v) is 5.65. The Morgan fingerprint density at radius 3 is 2.92 bits per heavy atom. The van der Waals surface area contributed by atoms with E-state index in [2.05, 4.69) is 15.3 Å². The highest BCUT2D eigenvalue weighted by molar-refractivity contribution is 7.14. The Morgan fingerprint density at radius 1 is 1.33 bits per heavy atom. The number of pyridine rings is 1. The summed E-state index contributed by atoms with van der Waals surface area (Å²) < 4.78 is 4.84. The van der Waals surface area contributed by atoms with Gasteiger partial charge in [0.25, 0.3) is 5.91 Å². The highest BCUT2D eigenvalue weighted by atomic mass is 32.1. The lowest BCUT2D eigenvalue weighted by Crippen LogP contribution is -2.22. The molecular weight excluding hydrogens is 330 g/mol. The van der Waals surface area contributed by atoms with Crippen molar-refractivity contribution in [2.45, 2.75) is 6.92 Å². The first-order valence-corrected chi connectivity index (χ1v) is 8.02. The quantitative estimate of drug-likeness (QED) is 0.709. The van der Waals surface area contributed by atoms with Crippen LogP contribution in [0.5, 0.6) is 0 Å². The fraction of sp³-hybridized carbons (Fsp3) is 0.125. The van der Waals surface area contributed by atoms with Gasteiger partial charge in [0.2, 0.25) is 5.43 Å². The van der Waals surface area contributed by atoms with E-state index in [1.165, 1.54) is 11.6 Å². The van der Waals surface area contributed by atoms with Crippen LogP contribution < -0.4 is 10.7 Å². The number of aromatic nitrogens is 2. The zero-order valence-corrected chi connectivity index (χ0v) is 13.5. The lowest BCUT2D eigenvalue weighted by atomic mass is 10.1. The average molecular weight is 343 g/mol. The second kappa shape index (κ2) is 6.63.